The minimum Gasteiger partial charge on any atom is -0.493 e. The van der Waals surface area contributed by atoms with Crippen LogP contribution in [0.5, 0.6) is 11.5 Å². The van der Waals surface area contributed by atoms with E-state index in [9.17, 15) is 32.3 Å². The molecule has 0 aliphatic carbocycles. The van der Waals surface area contributed by atoms with Crippen LogP contribution in [-0.4, -0.2) is 60.1 Å². The Hall–Kier alpha value is -4.23. The number of halogens is 4. The summed E-state index contributed by atoms with van der Waals surface area (Å²) in [5, 5.41) is 24.8. The Kier molecular flexibility index (Phi) is 9.79. The van der Waals surface area contributed by atoms with Gasteiger partial charge >= 0.3 is 6.18 Å². The second kappa shape index (κ2) is 12.7. The van der Waals surface area contributed by atoms with E-state index < -0.39 is 47.2 Å². The van der Waals surface area contributed by atoms with Crippen molar-refractivity contribution in [2.24, 2.45) is 0 Å². The van der Waals surface area contributed by atoms with Crippen LogP contribution >= 0.6 is 0 Å². The number of pyridine rings is 1. The number of nitrogens with one attached hydrogen (secondary N) is 2. The number of hydrogen-bond donors (Lipinski definition) is 4. The molecule has 13 heteroatoms. The maximum atomic E-state index is 14.5. The van der Waals surface area contributed by atoms with Crippen LogP contribution in [0, 0.1) is 5.82 Å². The highest BCUT2D eigenvalue weighted by Gasteiger charge is 2.56. The Morgan fingerprint density at radius 1 is 1.00 bits per heavy atom. The first-order valence-corrected chi connectivity index (χ1v) is 12.7. The third-order valence-corrected chi connectivity index (χ3v) is 6.35. The summed E-state index contributed by atoms with van der Waals surface area (Å²) in [6, 6.07) is 11.1. The van der Waals surface area contributed by atoms with Crippen LogP contribution in [0.25, 0.3) is 11.3 Å². The number of carbonyl (C=O) groups is 2. The lowest BCUT2D eigenvalue weighted by atomic mass is 9.88. The van der Waals surface area contributed by atoms with Crippen molar-refractivity contribution in [2.75, 3.05) is 26.9 Å². The fraction of sp³-hybridized carbons (Fsp3) is 0.345. The van der Waals surface area contributed by atoms with E-state index in [1.807, 2.05) is 0 Å². The summed E-state index contributed by atoms with van der Waals surface area (Å²) in [6.07, 6.45) is -5.32. The molecule has 2 aromatic carbocycles. The van der Waals surface area contributed by atoms with Gasteiger partial charge in [-0.15, -0.1) is 0 Å². The number of amides is 2. The van der Waals surface area contributed by atoms with E-state index in [2.05, 4.69) is 15.6 Å². The average Bonchev–Trinajstić information content (AvgIpc) is 2.93. The Bertz CT molecular complexity index is 1430. The number of aromatic nitrogens is 1. The van der Waals surface area contributed by atoms with Crippen molar-refractivity contribution in [1.82, 2.24) is 15.6 Å². The van der Waals surface area contributed by atoms with Gasteiger partial charge in [-0.05, 0) is 74.0 Å². The molecule has 4 N–H and O–H groups in total. The molecule has 2 amide bonds. The van der Waals surface area contributed by atoms with Gasteiger partial charge in [0.15, 0.2) is 11.5 Å². The maximum Gasteiger partial charge on any atom is 0.424 e. The van der Waals surface area contributed by atoms with Gasteiger partial charge in [-0.1, -0.05) is 0 Å². The molecule has 1 heterocycles. The van der Waals surface area contributed by atoms with Gasteiger partial charge in [0.2, 0.25) is 11.5 Å². The van der Waals surface area contributed by atoms with Gasteiger partial charge in [0.1, 0.15) is 12.4 Å². The summed E-state index contributed by atoms with van der Waals surface area (Å²) in [5.41, 5.74) is -5.43. The smallest absolute Gasteiger partial charge is 0.424 e. The molecule has 0 bridgehead atoms. The molecule has 1 unspecified atom stereocenters. The van der Waals surface area contributed by atoms with Gasteiger partial charge < -0.3 is 30.3 Å². The molecule has 0 aliphatic heterocycles. The fourth-order valence-corrected chi connectivity index (χ4v) is 4.11. The molecular weight excluding hydrogens is 562 g/mol. The number of carbonyl (C=O) groups excluding carboxylic acids is 2. The monoisotopic (exact) mass is 593 g/mol. The van der Waals surface area contributed by atoms with E-state index in [1.165, 1.54) is 50.4 Å². The zero-order valence-electron chi connectivity index (χ0n) is 23.3. The third kappa shape index (κ3) is 7.34. The number of rotatable bonds is 11. The van der Waals surface area contributed by atoms with Crippen LogP contribution in [0.4, 0.5) is 17.6 Å². The first-order valence-electron chi connectivity index (χ1n) is 12.7. The predicted octanol–water partition coefficient (Wildman–Crippen LogP) is 3.82. The quantitative estimate of drug-likeness (QED) is 0.249. The van der Waals surface area contributed by atoms with Crippen LogP contribution in [0.2, 0.25) is 0 Å². The second-order valence-corrected chi connectivity index (χ2v) is 9.92. The van der Waals surface area contributed by atoms with E-state index >= 15 is 0 Å². The predicted molar refractivity (Wildman–Crippen MR) is 144 cm³/mol. The summed E-state index contributed by atoms with van der Waals surface area (Å²) in [7, 11) is 1.30. The molecule has 3 rings (SSSR count). The summed E-state index contributed by atoms with van der Waals surface area (Å²) in [5.74, 6) is -1.69. The fourth-order valence-electron chi connectivity index (χ4n) is 4.11. The van der Waals surface area contributed by atoms with Gasteiger partial charge in [-0.25, -0.2) is 9.37 Å². The van der Waals surface area contributed by atoms with Crippen molar-refractivity contribution >= 4 is 11.8 Å². The van der Waals surface area contributed by atoms with E-state index in [-0.39, 0.29) is 47.1 Å². The second-order valence-electron chi connectivity index (χ2n) is 9.92. The van der Waals surface area contributed by atoms with Gasteiger partial charge in [0.25, 0.3) is 5.91 Å². The van der Waals surface area contributed by atoms with Crippen molar-refractivity contribution in [3.8, 4) is 22.8 Å². The number of ether oxygens (including phenoxy) is 2. The molecule has 0 saturated carbocycles. The Balaban J connectivity index is 2.05. The van der Waals surface area contributed by atoms with Gasteiger partial charge in [-0.2, -0.15) is 13.2 Å². The Labute approximate surface area is 239 Å². The minimum absolute atomic E-state index is 0.0295. The number of alkyl halides is 3. The van der Waals surface area contributed by atoms with Crippen LogP contribution in [0.1, 0.15) is 42.4 Å². The zero-order valence-corrected chi connectivity index (χ0v) is 23.3. The number of nitrogens with zero attached hydrogens (tertiary/aromatic N) is 1. The minimum atomic E-state index is -5.32. The molecule has 1 aromatic heterocycles. The third-order valence-electron chi connectivity index (χ3n) is 6.35. The van der Waals surface area contributed by atoms with Gasteiger partial charge in [0, 0.05) is 18.1 Å². The number of aliphatic hydroxyl groups excluding tert-OH is 1. The van der Waals surface area contributed by atoms with Crippen molar-refractivity contribution in [3.63, 3.8) is 0 Å². The van der Waals surface area contributed by atoms with Crippen LogP contribution < -0.4 is 20.1 Å². The Morgan fingerprint density at radius 3 is 2.24 bits per heavy atom. The lowest BCUT2D eigenvalue weighted by Gasteiger charge is -2.33. The summed E-state index contributed by atoms with van der Waals surface area (Å²) < 4.78 is 67.6. The first kappa shape index (κ1) is 32.3. The van der Waals surface area contributed by atoms with Crippen LogP contribution in [0.15, 0.2) is 54.6 Å². The molecule has 226 valence electrons. The topological polar surface area (TPSA) is 130 Å². The van der Waals surface area contributed by atoms with E-state index in [0.717, 1.165) is 18.2 Å². The normalized spacial score (nSPS) is 13.2. The largest absolute Gasteiger partial charge is 0.493 e. The molecule has 0 radical (unpaired) electrons. The summed E-state index contributed by atoms with van der Waals surface area (Å²) >= 11 is 0. The number of methoxy groups -OCH3 is 1. The molecule has 0 aliphatic rings. The number of aliphatic hydroxyl groups is 2. The lowest BCUT2D eigenvalue weighted by Crippen LogP contribution is -2.52. The van der Waals surface area contributed by atoms with Crippen molar-refractivity contribution in [3.05, 3.63) is 77.2 Å². The van der Waals surface area contributed by atoms with Crippen molar-refractivity contribution in [1.29, 1.82) is 0 Å². The molecular formula is C29H31F4N3O6. The van der Waals surface area contributed by atoms with Crippen molar-refractivity contribution < 1.29 is 46.8 Å². The average molecular weight is 594 g/mol. The number of hydrogen-bond acceptors (Lipinski definition) is 7. The van der Waals surface area contributed by atoms with Gasteiger partial charge in [0.05, 0.1) is 37.2 Å². The van der Waals surface area contributed by atoms with E-state index in [0.29, 0.717) is 0 Å². The zero-order chi connectivity index (χ0) is 31.3. The standard InChI is InChI=1S/C29H31F4N3O6/c1-17(38)36-27(2,3)20-14-22(18-5-8-21(30)9-6-18)35-25(15-20)28(40,29(31,32)33)16-34-26(39)19-7-10-23(42-12-11-37)24(13-19)41-4/h5-10,13-15,37,40H,11-12,16H2,1-4H3,(H,34,39)(H,36,38). The molecule has 42 heavy (non-hydrogen) atoms. The SMILES string of the molecule is COc1cc(C(=O)NCC(O)(c2cc(C(C)(C)NC(C)=O)cc(-c3ccc(F)cc3)n2)C(F)(F)F)ccc1OCCO. The molecule has 1 atom stereocenters. The lowest BCUT2D eigenvalue weighted by molar-refractivity contribution is -0.265. The van der Waals surface area contributed by atoms with Crippen LogP contribution in [0.3, 0.4) is 0 Å². The van der Waals surface area contributed by atoms with E-state index in [1.54, 1.807) is 13.8 Å². The molecule has 0 fully saturated rings. The van der Waals surface area contributed by atoms with E-state index in [4.69, 9.17) is 14.6 Å². The highest BCUT2D eigenvalue weighted by molar-refractivity contribution is 5.95. The molecule has 0 saturated heterocycles. The summed E-state index contributed by atoms with van der Waals surface area (Å²) in [6.45, 7) is 2.70. The Morgan fingerprint density at radius 2 is 1.67 bits per heavy atom. The molecule has 3 aromatic rings. The summed E-state index contributed by atoms with van der Waals surface area (Å²) in [4.78, 5) is 28.8. The first-order chi connectivity index (χ1) is 19.6. The highest BCUT2D eigenvalue weighted by Crippen LogP contribution is 2.40. The molecule has 0 spiro atoms. The maximum absolute atomic E-state index is 14.5. The molecule has 9 nitrogen and oxygen atoms in total. The number of benzene rings is 2. The highest BCUT2D eigenvalue weighted by atomic mass is 19.4. The van der Waals surface area contributed by atoms with Gasteiger partial charge in [-0.3, -0.25) is 9.59 Å². The van der Waals surface area contributed by atoms with Crippen LogP contribution in [-0.2, 0) is 15.9 Å². The van der Waals surface area contributed by atoms with Crippen molar-refractivity contribution in [2.45, 2.75) is 38.1 Å².